The first-order chi connectivity index (χ1) is 10.8. The molecule has 0 saturated carbocycles. The zero-order chi connectivity index (χ0) is 15.4. The van der Waals surface area contributed by atoms with Gasteiger partial charge in [0, 0.05) is 18.7 Å². The van der Waals surface area contributed by atoms with Crippen molar-refractivity contribution in [2.45, 2.75) is 6.54 Å². The quantitative estimate of drug-likeness (QED) is 0.695. The number of nitrogens with zero attached hydrogens (tertiary/aromatic N) is 2. The van der Waals surface area contributed by atoms with Crippen LogP contribution in [-0.4, -0.2) is 44.3 Å². The summed E-state index contributed by atoms with van der Waals surface area (Å²) in [6.07, 6.45) is 0. The smallest absolute Gasteiger partial charge is 0.191 e. The lowest BCUT2D eigenvalue weighted by molar-refractivity contribution is 0.0674. The Hall–Kier alpha value is -2.27. The lowest BCUT2D eigenvalue weighted by atomic mass is 10.0. The van der Waals surface area contributed by atoms with Gasteiger partial charge < -0.3 is 20.1 Å². The molecule has 0 spiro atoms. The van der Waals surface area contributed by atoms with E-state index in [-0.39, 0.29) is 0 Å². The van der Waals surface area contributed by atoms with Crippen molar-refractivity contribution in [2.75, 3.05) is 33.4 Å². The topological polar surface area (TPSA) is 60.1 Å². The maximum Gasteiger partial charge on any atom is 0.191 e. The van der Waals surface area contributed by atoms with Crippen LogP contribution in [0.5, 0.6) is 5.75 Å². The number of ether oxygens (including phenoxy) is 2. The molecule has 1 heterocycles. The summed E-state index contributed by atoms with van der Waals surface area (Å²) >= 11 is 0. The van der Waals surface area contributed by atoms with E-state index in [1.54, 1.807) is 7.11 Å². The maximum atomic E-state index is 6.11. The normalized spacial score (nSPS) is 16.0. The third-order valence-corrected chi connectivity index (χ3v) is 3.95. The van der Waals surface area contributed by atoms with Gasteiger partial charge in [0.2, 0.25) is 0 Å². The Morgan fingerprint density at radius 3 is 2.77 bits per heavy atom. The molecule has 1 saturated heterocycles. The van der Waals surface area contributed by atoms with E-state index in [1.165, 1.54) is 5.39 Å². The Balaban J connectivity index is 1.89. The summed E-state index contributed by atoms with van der Waals surface area (Å²) in [6.45, 7) is 3.50. The molecule has 0 bridgehead atoms. The number of benzene rings is 2. The first-order valence-corrected chi connectivity index (χ1v) is 7.47. The van der Waals surface area contributed by atoms with Gasteiger partial charge in [0.1, 0.15) is 5.75 Å². The van der Waals surface area contributed by atoms with Gasteiger partial charge in [-0.3, -0.25) is 0 Å². The molecule has 116 valence electrons. The van der Waals surface area contributed by atoms with Crippen molar-refractivity contribution in [3.63, 3.8) is 0 Å². The van der Waals surface area contributed by atoms with Crippen LogP contribution in [0.1, 0.15) is 5.56 Å². The van der Waals surface area contributed by atoms with Gasteiger partial charge in [0.15, 0.2) is 5.96 Å². The van der Waals surface area contributed by atoms with Gasteiger partial charge in [-0.05, 0) is 16.8 Å². The van der Waals surface area contributed by atoms with Crippen LogP contribution >= 0.6 is 0 Å². The Kier molecular flexibility index (Phi) is 4.44. The van der Waals surface area contributed by atoms with Crippen molar-refractivity contribution in [1.82, 2.24) is 4.90 Å². The van der Waals surface area contributed by atoms with Crippen molar-refractivity contribution in [1.29, 1.82) is 0 Å². The highest BCUT2D eigenvalue weighted by atomic mass is 16.5. The van der Waals surface area contributed by atoms with Crippen LogP contribution in [0.25, 0.3) is 10.8 Å². The van der Waals surface area contributed by atoms with Crippen molar-refractivity contribution in [2.24, 2.45) is 10.7 Å². The number of nitrogens with two attached hydrogens (primary N) is 1. The highest BCUT2D eigenvalue weighted by molar-refractivity contribution is 5.88. The first kappa shape index (κ1) is 14.7. The van der Waals surface area contributed by atoms with E-state index in [1.807, 2.05) is 18.2 Å². The van der Waals surface area contributed by atoms with Crippen molar-refractivity contribution < 1.29 is 9.47 Å². The van der Waals surface area contributed by atoms with Gasteiger partial charge in [0.05, 0.1) is 26.9 Å². The molecule has 0 radical (unpaired) electrons. The van der Waals surface area contributed by atoms with Crippen LogP contribution in [0.2, 0.25) is 0 Å². The molecule has 0 aromatic heterocycles. The largest absolute Gasteiger partial charge is 0.496 e. The van der Waals surface area contributed by atoms with Crippen molar-refractivity contribution in [3.05, 3.63) is 42.0 Å². The van der Waals surface area contributed by atoms with Crippen LogP contribution in [-0.2, 0) is 11.3 Å². The predicted octanol–water partition coefficient (Wildman–Crippen LogP) is 2.00. The predicted molar refractivity (Wildman–Crippen MR) is 88.2 cm³/mol. The summed E-state index contributed by atoms with van der Waals surface area (Å²) in [4.78, 5) is 6.62. The molecule has 1 fully saturated rings. The molecule has 0 aliphatic carbocycles. The summed E-state index contributed by atoms with van der Waals surface area (Å²) in [7, 11) is 1.68. The minimum atomic E-state index is 0.508. The Bertz CT molecular complexity index is 679. The fourth-order valence-electron chi connectivity index (χ4n) is 2.72. The second kappa shape index (κ2) is 6.66. The standard InChI is InChI=1S/C17H21N3O2/c1-21-16-7-6-13-4-2-3-5-14(13)15(16)12-19-17(18)20-8-10-22-11-9-20/h2-7H,8-12H2,1H3,(H2,18,19). The highest BCUT2D eigenvalue weighted by Gasteiger charge is 2.13. The molecule has 0 amide bonds. The number of guanidine groups is 1. The van der Waals surface area contributed by atoms with Gasteiger partial charge in [-0.25, -0.2) is 4.99 Å². The summed E-state index contributed by atoms with van der Waals surface area (Å²) in [6, 6.07) is 12.3. The lowest BCUT2D eigenvalue weighted by Gasteiger charge is -2.27. The van der Waals surface area contributed by atoms with Crippen molar-refractivity contribution in [3.8, 4) is 5.75 Å². The van der Waals surface area contributed by atoms with Crippen LogP contribution in [0.15, 0.2) is 41.4 Å². The number of morpholine rings is 1. The first-order valence-electron chi connectivity index (χ1n) is 7.47. The van der Waals surface area contributed by atoms with E-state index < -0.39 is 0 Å². The molecule has 2 aromatic rings. The number of rotatable bonds is 3. The number of hydrogen-bond donors (Lipinski definition) is 1. The molecule has 0 atom stereocenters. The third kappa shape index (κ3) is 2.99. The maximum absolute atomic E-state index is 6.11. The van der Waals surface area contributed by atoms with Crippen LogP contribution in [0.4, 0.5) is 0 Å². The van der Waals surface area contributed by atoms with Crippen molar-refractivity contribution >= 4 is 16.7 Å². The van der Waals surface area contributed by atoms with E-state index >= 15 is 0 Å². The van der Waals surface area contributed by atoms with Gasteiger partial charge in [0.25, 0.3) is 0 Å². The molecule has 2 N–H and O–H groups in total. The second-order valence-electron chi connectivity index (χ2n) is 5.24. The molecule has 0 unspecified atom stereocenters. The SMILES string of the molecule is COc1ccc2ccccc2c1CN=C(N)N1CCOCC1. The van der Waals surface area contributed by atoms with Gasteiger partial charge in [-0.15, -0.1) is 0 Å². The monoisotopic (exact) mass is 299 g/mol. The minimum absolute atomic E-state index is 0.508. The van der Waals surface area contributed by atoms with E-state index in [4.69, 9.17) is 15.2 Å². The second-order valence-corrected chi connectivity index (χ2v) is 5.24. The number of fused-ring (bicyclic) bond motifs is 1. The zero-order valence-electron chi connectivity index (χ0n) is 12.8. The Labute approximate surface area is 130 Å². The molecule has 22 heavy (non-hydrogen) atoms. The molecule has 1 aliphatic heterocycles. The van der Waals surface area contributed by atoms with Crippen LogP contribution in [0, 0.1) is 0 Å². The summed E-state index contributed by atoms with van der Waals surface area (Å²) < 4.78 is 10.8. The van der Waals surface area contributed by atoms with Gasteiger partial charge in [-0.1, -0.05) is 30.3 Å². The average molecular weight is 299 g/mol. The fourth-order valence-corrected chi connectivity index (χ4v) is 2.72. The number of methoxy groups -OCH3 is 1. The lowest BCUT2D eigenvalue weighted by Crippen LogP contribution is -2.44. The molecule has 5 heteroatoms. The summed E-state index contributed by atoms with van der Waals surface area (Å²) in [5.41, 5.74) is 7.18. The summed E-state index contributed by atoms with van der Waals surface area (Å²) in [5, 5.41) is 2.33. The molecule has 5 nitrogen and oxygen atoms in total. The van der Waals surface area contributed by atoms with Crippen LogP contribution in [0.3, 0.4) is 0 Å². The molecule has 2 aromatic carbocycles. The number of aliphatic imine (C=N–C) groups is 1. The van der Waals surface area contributed by atoms with Gasteiger partial charge in [-0.2, -0.15) is 0 Å². The Morgan fingerprint density at radius 2 is 2.00 bits per heavy atom. The highest BCUT2D eigenvalue weighted by Crippen LogP contribution is 2.28. The minimum Gasteiger partial charge on any atom is -0.496 e. The van der Waals surface area contributed by atoms with E-state index in [9.17, 15) is 0 Å². The van der Waals surface area contributed by atoms with Crippen LogP contribution < -0.4 is 10.5 Å². The van der Waals surface area contributed by atoms with Gasteiger partial charge >= 0.3 is 0 Å². The summed E-state index contributed by atoms with van der Waals surface area (Å²) in [5.74, 6) is 1.41. The van der Waals surface area contributed by atoms with E-state index in [0.717, 1.165) is 29.8 Å². The van der Waals surface area contributed by atoms with E-state index in [2.05, 4.69) is 28.1 Å². The molecular weight excluding hydrogens is 278 g/mol. The molecule has 1 aliphatic rings. The average Bonchev–Trinajstić information content (AvgIpc) is 2.60. The molecule has 3 rings (SSSR count). The third-order valence-electron chi connectivity index (χ3n) is 3.95. The number of hydrogen-bond acceptors (Lipinski definition) is 3. The Morgan fingerprint density at radius 1 is 1.23 bits per heavy atom. The fraction of sp³-hybridized carbons (Fsp3) is 0.353. The zero-order valence-corrected chi connectivity index (χ0v) is 12.8. The molecular formula is C17H21N3O2. The van der Waals surface area contributed by atoms with E-state index in [0.29, 0.717) is 25.7 Å².